The highest BCUT2D eigenvalue weighted by Crippen LogP contribution is 2.31. The van der Waals surface area contributed by atoms with Crippen molar-refractivity contribution in [3.8, 4) is 0 Å². The van der Waals surface area contributed by atoms with Gasteiger partial charge in [-0.1, -0.05) is 13.3 Å². The van der Waals surface area contributed by atoms with Gasteiger partial charge in [-0.25, -0.2) is 0 Å². The fourth-order valence-corrected chi connectivity index (χ4v) is 2.13. The normalized spacial score (nSPS) is 34.5. The molecule has 1 unspecified atom stereocenters. The summed E-state index contributed by atoms with van der Waals surface area (Å²) >= 11 is 0. The lowest BCUT2D eigenvalue weighted by Crippen LogP contribution is -2.32. The number of rotatable bonds is 3. The molecule has 0 aromatic carbocycles. The van der Waals surface area contributed by atoms with Crippen molar-refractivity contribution >= 4 is 5.97 Å². The van der Waals surface area contributed by atoms with E-state index in [9.17, 15) is 9.90 Å². The molecule has 3 heteroatoms. The molecular formula is C10H18O3. The Morgan fingerprint density at radius 3 is 2.77 bits per heavy atom. The van der Waals surface area contributed by atoms with E-state index in [-0.39, 0.29) is 18.4 Å². The molecule has 76 valence electrons. The average molecular weight is 186 g/mol. The van der Waals surface area contributed by atoms with Crippen LogP contribution in [-0.2, 0) is 4.79 Å². The molecule has 13 heavy (non-hydrogen) atoms. The topological polar surface area (TPSA) is 57.5 Å². The van der Waals surface area contributed by atoms with E-state index < -0.39 is 5.97 Å². The number of carboxylic acids is 1. The lowest BCUT2D eigenvalue weighted by Gasteiger charge is -2.32. The number of aliphatic carboxylic acids is 1. The Hall–Kier alpha value is -0.570. The number of aliphatic hydroxyl groups is 1. The smallest absolute Gasteiger partial charge is 0.303 e. The predicted octanol–water partition coefficient (Wildman–Crippen LogP) is 1.65. The van der Waals surface area contributed by atoms with Gasteiger partial charge < -0.3 is 10.2 Å². The van der Waals surface area contributed by atoms with E-state index in [1.807, 2.05) is 6.92 Å². The second kappa shape index (κ2) is 4.61. The van der Waals surface area contributed by atoms with Crippen LogP contribution in [0.25, 0.3) is 0 Å². The molecule has 1 fully saturated rings. The summed E-state index contributed by atoms with van der Waals surface area (Å²) in [4.78, 5) is 10.3. The van der Waals surface area contributed by atoms with Gasteiger partial charge in [-0.3, -0.25) is 4.79 Å². The van der Waals surface area contributed by atoms with Gasteiger partial charge in [0.15, 0.2) is 0 Å². The summed E-state index contributed by atoms with van der Waals surface area (Å²) in [7, 11) is 0. The maximum atomic E-state index is 10.3. The molecule has 1 rings (SSSR count). The Labute approximate surface area is 78.8 Å². The zero-order valence-corrected chi connectivity index (χ0v) is 8.07. The van der Waals surface area contributed by atoms with Crippen LogP contribution in [0, 0.1) is 11.8 Å². The summed E-state index contributed by atoms with van der Waals surface area (Å²) in [6.45, 7) is 2.04. The molecule has 1 aliphatic rings. The third kappa shape index (κ3) is 2.99. The molecule has 2 N–H and O–H groups in total. The van der Waals surface area contributed by atoms with Crippen LogP contribution in [0.5, 0.6) is 0 Å². The van der Waals surface area contributed by atoms with E-state index in [2.05, 4.69) is 0 Å². The summed E-state index contributed by atoms with van der Waals surface area (Å²) in [6, 6.07) is 0. The van der Waals surface area contributed by atoms with Crippen LogP contribution >= 0.6 is 0 Å². The number of carboxylic acid groups (broad SMARTS) is 1. The molecule has 0 aliphatic heterocycles. The van der Waals surface area contributed by atoms with Crippen LogP contribution in [0.3, 0.4) is 0 Å². The van der Waals surface area contributed by atoms with Gasteiger partial charge in [-0.05, 0) is 31.1 Å². The first-order valence-electron chi connectivity index (χ1n) is 5.01. The number of hydrogen-bond acceptors (Lipinski definition) is 2. The van der Waals surface area contributed by atoms with E-state index in [0.29, 0.717) is 12.3 Å². The summed E-state index contributed by atoms with van der Waals surface area (Å²) < 4.78 is 0. The largest absolute Gasteiger partial charge is 0.481 e. The molecule has 0 saturated heterocycles. The SMILES string of the molecule is C[C@@H]1CCC[C@H](CCC(=O)O)C1O. The monoisotopic (exact) mass is 186 g/mol. The summed E-state index contributed by atoms with van der Waals surface area (Å²) in [5, 5.41) is 18.3. The van der Waals surface area contributed by atoms with Gasteiger partial charge in [0, 0.05) is 6.42 Å². The first-order chi connectivity index (χ1) is 6.11. The van der Waals surface area contributed by atoms with Gasteiger partial charge in [-0.2, -0.15) is 0 Å². The quantitative estimate of drug-likeness (QED) is 0.704. The van der Waals surface area contributed by atoms with Gasteiger partial charge in [0.1, 0.15) is 0 Å². The van der Waals surface area contributed by atoms with Crippen molar-refractivity contribution in [2.24, 2.45) is 11.8 Å². The Balaban J connectivity index is 2.35. The molecule has 3 atom stereocenters. The van der Waals surface area contributed by atoms with Crippen molar-refractivity contribution in [2.75, 3.05) is 0 Å². The zero-order valence-electron chi connectivity index (χ0n) is 8.07. The van der Waals surface area contributed by atoms with Crippen molar-refractivity contribution in [3.63, 3.8) is 0 Å². The Morgan fingerprint density at radius 1 is 1.46 bits per heavy atom. The standard InChI is InChI=1S/C10H18O3/c1-7-3-2-4-8(10(7)13)5-6-9(11)12/h7-8,10,13H,2-6H2,1H3,(H,11,12)/t7-,8-,10?/m1/s1. The summed E-state index contributed by atoms with van der Waals surface area (Å²) in [5.74, 6) is -0.210. The molecule has 1 saturated carbocycles. The Kier molecular flexibility index (Phi) is 3.72. The van der Waals surface area contributed by atoms with Gasteiger partial charge in [-0.15, -0.1) is 0 Å². The lowest BCUT2D eigenvalue weighted by atomic mass is 9.78. The third-order valence-electron chi connectivity index (χ3n) is 3.03. The van der Waals surface area contributed by atoms with Crippen molar-refractivity contribution in [3.05, 3.63) is 0 Å². The molecule has 0 aromatic heterocycles. The van der Waals surface area contributed by atoms with Crippen molar-refractivity contribution in [1.29, 1.82) is 0 Å². The van der Waals surface area contributed by atoms with Crippen LogP contribution in [0.15, 0.2) is 0 Å². The minimum absolute atomic E-state index is 0.189. The minimum atomic E-state index is -0.759. The number of aliphatic hydroxyl groups excluding tert-OH is 1. The van der Waals surface area contributed by atoms with E-state index in [1.165, 1.54) is 0 Å². The zero-order chi connectivity index (χ0) is 9.84. The average Bonchev–Trinajstić information content (AvgIpc) is 2.07. The second-order valence-electron chi connectivity index (χ2n) is 4.09. The Morgan fingerprint density at radius 2 is 2.15 bits per heavy atom. The summed E-state index contributed by atoms with van der Waals surface area (Å²) in [6.07, 6.45) is 3.72. The van der Waals surface area contributed by atoms with E-state index >= 15 is 0 Å². The van der Waals surface area contributed by atoms with Crippen LogP contribution < -0.4 is 0 Å². The summed E-state index contributed by atoms with van der Waals surface area (Å²) in [5.41, 5.74) is 0. The highest BCUT2D eigenvalue weighted by Gasteiger charge is 2.28. The van der Waals surface area contributed by atoms with Crippen molar-refractivity contribution in [2.45, 2.75) is 45.1 Å². The second-order valence-corrected chi connectivity index (χ2v) is 4.09. The molecule has 0 heterocycles. The molecule has 0 spiro atoms. The van der Waals surface area contributed by atoms with Crippen LogP contribution in [0.4, 0.5) is 0 Å². The fraction of sp³-hybridized carbons (Fsp3) is 0.900. The molecule has 3 nitrogen and oxygen atoms in total. The first kappa shape index (κ1) is 10.5. The van der Waals surface area contributed by atoms with Crippen molar-refractivity contribution < 1.29 is 15.0 Å². The molecule has 0 radical (unpaired) electrons. The van der Waals surface area contributed by atoms with Crippen LogP contribution in [0.1, 0.15) is 39.0 Å². The molecular weight excluding hydrogens is 168 g/mol. The van der Waals surface area contributed by atoms with Gasteiger partial charge in [0.2, 0.25) is 0 Å². The number of hydrogen-bond donors (Lipinski definition) is 2. The maximum Gasteiger partial charge on any atom is 0.303 e. The highest BCUT2D eigenvalue weighted by atomic mass is 16.4. The van der Waals surface area contributed by atoms with Crippen LogP contribution in [0.2, 0.25) is 0 Å². The van der Waals surface area contributed by atoms with Gasteiger partial charge in [0.25, 0.3) is 0 Å². The molecule has 1 aliphatic carbocycles. The molecule has 0 aromatic rings. The maximum absolute atomic E-state index is 10.3. The molecule has 0 bridgehead atoms. The highest BCUT2D eigenvalue weighted by molar-refractivity contribution is 5.66. The van der Waals surface area contributed by atoms with Crippen LogP contribution in [-0.4, -0.2) is 22.3 Å². The minimum Gasteiger partial charge on any atom is -0.481 e. The Bertz CT molecular complexity index is 179. The number of carbonyl (C=O) groups is 1. The van der Waals surface area contributed by atoms with E-state index in [0.717, 1.165) is 19.3 Å². The predicted molar refractivity (Wildman–Crippen MR) is 49.4 cm³/mol. The molecule has 0 amide bonds. The van der Waals surface area contributed by atoms with E-state index in [1.54, 1.807) is 0 Å². The fourth-order valence-electron chi connectivity index (χ4n) is 2.13. The van der Waals surface area contributed by atoms with Gasteiger partial charge in [0.05, 0.1) is 6.10 Å². The van der Waals surface area contributed by atoms with Gasteiger partial charge >= 0.3 is 5.97 Å². The first-order valence-corrected chi connectivity index (χ1v) is 5.01. The van der Waals surface area contributed by atoms with E-state index in [4.69, 9.17) is 5.11 Å². The van der Waals surface area contributed by atoms with Crippen molar-refractivity contribution in [1.82, 2.24) is 0 Å². The third-order valence-corrected chi connectivity index (χ3v) is 3.03. The lowest BCUT2D eigenvalue weighted by molar-refractivity contribution is -0.137.